The minimum atomic E-state index is -0.353. The largest absolute Gasteiger partial charge is 0.462 e. The summed E-state index contributed by atoms with van der Waals surface area (Å²) in [6, 6.07) is 10.2. The molecule has 0 spiro atoms. The molecule has 1 heterocycles. The van der Waals surface area contributed by atoms with Crippen LogP contribution in [0.15, 0.2) is 48.0 Å². The number of ether oxygens (including phenoxy) is 1. The number of carbonyl (C=O) groups excluding carboxylic acids is 2. The molecule has 0 bridgehead atoms. The Morgan fingerprint density at radius 2 is 1.90 bits per heavy atom. The molecule has 7 nitrogen and oxygen atoms in total. The van der Waals surface area contributed by atoms with Crippen LogP contribution in [0.25, 0.3) is 0 Å². The van der Waals surface area contributed by atoms with Gasteiger partial charge in [0.2, 0.25) is 0 Å². The van der Waals surface area contributed by atoms with Crippen LogP contribution in [0.4, 0.5) is 11.5 Å². The van der Waals surface area contributed by atoms with Crippen molar-refractivity contribution in [2.75, 3.05) is 18.5 Å². The summed E-state index contributed by atoms with van der Waals surface area (Å²) in [5.41, 5.74) is 2.95. The number of benzene rings is 1. The second-order valence-corrected chi connectivity index (χ2v) is 6.84. The van der Waals surface area contributed by atoms with Gasteiger partial charge in [-0.15, -0.1) is 10.2 Å². The average Bonchev–Trinajstić information content (AvgIpc) is 2.75. The zero-order valence-corrected chi connectivity index (χ0v) is 16.6. The number of nitrogens with zero attached hydrogens (tertiary/aromatic N) is 2. The van der Waals surface area contributed by atoms with Crippen LogP contribution < -0.4 is 10.6 Å². The molecular weight excluding hydrogens is 368 g/mol. The highest BCUT2D eigenvalue weighted by Gasteiger charge is 2.10. The van der Waals surface area contributed by atoms with Gasteiger partial charge in [0.1, 0.15) is 0 Å². The van der Waals surface area contributed by atoms with Crippen LogP contribution in [0.3, 0.4) is 0 Å². The number of aromatic nitrogens is 2. The van der Waals surface area contributed by atoms with E-state index in [0.29, 0.717) is 24.5 Å². The second-order valence-electron chi connectivity index (χ2n) is 6.84. The first-order chi connectivity index (χ1) is 14.2. The number of anilines is 2. The van der Waals surface area contributed by atoms with Crippen LogP contribution in [0.2, 0.25) is 0 Å². The van der Waals surface area contributed by atoms with E-state index in [1.165, 1.54) is 18.4 Å². The van der Waals surface area contributed by atoms with Crippen LogP contribution in [-0.2, 0) is 4.74 Å². The topological polar surface area (TPSA) is 93.2 Å². The monoisotopic (exact) mass is 394 g/mol. The molecule has 2 aromatic rings. The van der Waals surface area contributed by atoms with E-state index in [1.807, 2.05) is 0 Å². The number of rotatable bonds is 8. The third-order valence-electron chi connectivity index (χ3n) is 4.68. The first kappa shape index (κ1) is 20.5. The Morgan fingerprint density at radius 3 is 2.55 bits per heavy atom. The highest BCUT2D eigenvalue weighted by atomic mass is 16.5. The first-order valence-electron chi connectivity index (χ1n) is 10.00. The Labute approximate surface area is 170 Å². The molecule has 0 saturated carbocycles. The van der Waals surface area contributed by atoms with Gasteiger partial charge in [-0.25, -0.2) is 4.79 Å². The van der Waals surface area contributed by atoms with E-state index >= 15 is 0 Å². The van der Waals surface area contributed by atoms with Crippen molar-refractivity contribution < 1.29 is 14.3 Å². The highest BCUT2D eigenvalue weighted by Crippen LogP contribution is 2.19. The molecule has 0 atom stereocenters. The molecule has 29 heavy (non-hydrogen) atoms. The number of hydrogen-bond donors (Lipinski definition) is 2. The summed E-state index contributed by atoms with van der Waals surface area (Å²) in [5, 5.41) is 14.0. The zero-order valence-electron chi connectivity index (χ0n) is 16.6. The van der Waals surface area contributed by atoms with E-state index < -0.39 is 0 Å². The minimum absolute atomic E-state index is 0.223. The van der Waals surface area contributed by atoms with Gasteiger partial charge in [0.15, 0.2) is 11.5 Å². The predicted molar refractivity (Wildman–Crippen MR) is 111 cm³/mol. The molecule has 0 aliphatic heterocycles. The molecule has 1 aliphatic carbocycles. The van der Waals surface area contributed by atoms with Crippen molar-refractivity contribution in [2.24, 2.45) is 0 Å². The fourth-order valence-electron chi connectivity index (χ4n) is 3.13. The SMILES string of the molecule is CCOC(=O)c1ccc(Nc2ccc(C(=O)NCCC3=CCCCC3)nn2)cc1. The van der Waals surface area contributed by atoms with E-state index in [9.17, 15) is 9.59 Å². The fraction of sp³-hybridized carbons (Fsp3) is 0.364. The third-order valence-corrected chi connectivity index (χ3v) is 4.68. The number of allylic oxidation sites excluding steroid dienone is 1. The molecule has 0 unspecified atom stereocenters. The summed E-state index contributed by atoms with van der Waals surface area (Å²) < 4.78 is 4.96. The maximum Gasteiger partial charge on any atom is 0.338 e. The number of hydrogen-bond acceptors (Lipinski definition) is 6. The van der Waals surface area contributed by atoms with Gasteiger partial charge in [-0.05, 0) is 75.4 Å². The molecule has 1 aromatic carbocycles. The Kier molecular flexibility index (Phi) is 7.33. The number of carbonyl (C=O) groups is 2. The van der Waals surface area contributed by atoms with Crippen molar-refractivity contribution in [3.8, 4) is 0 Å². The average molecular weight is 394 g/mol. The maximum absolute atomic E-state index is 12.2. The van der Waals surface area contributed by atoms with Gasteiger partial charge in [0.25, 0.3) is 5.91 Å². The minimum Gasteiger partial charge on any atom is -0.462 e. The number of esters is 1. The molecule has 0 radical (unpaired) electrons. The lowest BCUT2D eigenvalue weighted by atomic mass is 9.97. The van der Waals surface area contributed by atoms with Gasteiger partial charge in [-0.1, -0.05) is 11.6 Å². The fourth-order valence-corrected chi connectivity index (χ4v) is 3.13. The van der Waals surface area contributed by atoms with E-state index in [1.54, 1.807) is 43.3 Å². The first-order valence-corrected chi connectivity index (χ1v) is 10.00. The summed E-state index contributed by atoms with van der Waals surface area (Å²) in [4.78, 5) is 23.9. The van der Waals surface area contributed by atoms with Crippen molar-refractivity contribution in [1.82, 2.24) is 15.5 Å². The Morgan fingerprint density at radius 1 is 1.07 bits per heavy atom. The summed E-state index contributed by atoms with van der Waals surface area (Å²) in [6.45, 7) is 2.72. The molecular formula is C22H26N4O3. The van der Waals surface area contributed by atoms with Crippen LogP contribution in [0, 0.1) is 0 Å². The molecule has 152 valence electrons. The molecule has 7 heteroatoms. The van der Waals surface area contributed by atoms with Crippen molar-refractivity contribution in [1.29, 1.82) is 0 Å². The lowest BCUT2D eigenvalue weighted by Gasteiger charge is -2.12. The highest BCUT2D eigenvalue weighted by molar-refractivity contribution is 5.92. The maximum atomic E-state index is 12.2. The summed E-state index contributed by atoms with van der Waals surface area (Å²) in [6.07, 6.45) is 7.97. The van der Waals surface area contributed by atoms with E-state index in [0.717, 1.165) is 24.9 Å². The van der Waals surface area contributed by atoms with Gasteiger partial charge in [0, 0.05) is 12.2 Å². The van der Waals surface area contributed by atoms with Crippen LogP contribution in [0.1, 0.15) is 59.9 Å². The molecule has 1 aliphatic rings. The van der Waals surface area contributed by atoms with E-state index in [4.69, 9.17) is 4.74 Å². The molecule has 2 N–H and O–H groups in total. The summed E-state index contributed by atoms with van der Waals surface area (Å²) in [5.74, 6) is -0.0639. The predicted octanol–water partition coefficient (Wildman–Crippen LogP) is 4.02. The van der Waals surface area contributed by atoms with Gasteiger partial charge in [-0.3, -0.25) is 4.79 Å². The number of nitrogens with one attached hydrogen (secondary N) is 2. The normalized spacial score (nSPS) is 13.3. The van der Waals surface area contributed by atoms with Gasteiger partial charge < -0.3 is 15.4 Å². The summed E-state index contributed by atoms with van der Waals surface area (Å²) >= 11 is 0. The molecule has 1 amide bonds. The molecule has 1 aromatic heterocycles. The summed E-state index contributed by atoms with van der Waals surface area (Å²) in [7, 11) is 0. The Balaban J connectivity index is 1.49. The second kappa shape index (κ2) is 10.4. The zero-order chi connectivity index (χ0) is 20.5. The van der Waals surface area contributed by atoms with Gasteiger partial charge in [-0.2, -0.15) is 0 Å². The van der Waals surface area contributed by atoms with Crippen molar-refractivity contribution in [3.05, 3.63) is 59.3 Å². The smallest absolute Gasteiger partial charge is 0.338 e. The quantitative estimate of drug-likeness (QED) is 0.519. The Hall–Kier alpha value is -3.22. The molecule has 0 saturated heterocycles. The molecule has 3 rings (SSSR count). The van der Waals surface area contributed by atoms with Gasteiger partial charge in [0.05, 0.1) is 12.2 Å². The van der Waals surface area contributed by atoms with Gasteiger partial charge >= 0.3 is 5.97 Å². The lowest BCUT2D eigenvalue weighted by Crippen LogP contribution is -2.26. The van der Waals surface area contributed by atoms with E-state index in [-0.39, 0.29) is 17.6 Å². The van der Waals surface area contributed by atoms with Crippen LogP contribution in [-0.4, -0.2) is 35.2 Å². The third kappa shape index (κ3) is 6.14. The Bertz CT molecular complexity index is 861. The van der Waals surface area contributed by atoms with Crippen molar-refractivity contribution >= 4 is 23.4 Å². The van der Waals surface area contributed by atoms with Crippen LogP contribution >= 0.6 is 0 Å². The number of amides is 1. The van der Waals surface area contributed by atoms with Crippen molar-refractivity contribution in [3.63, 3.8) is 0 Å². The van der Waals surface area contributed by atoms with Crippen LogP contribution in [0.5, 0.6) is 0 Å². The van der Waals surface area contributed by atoms with Crippen molar-refractivity contribution in [2.45, 2.75) is 39.0 Å². The lowest BCUT2D eigenvalue weighted by molar-refractivity contribution is 0.0526. The van der Waals surface area contributed by atoms with E-state index in [2.05, 4.69) is 26.9 Å². The standard InChI is InChI=1S/C22H26N4O3/c1-2-29-22(28)17-8-10-18(11-9-17)24-20-13-12-19(25-26-20)21(27)23-15-14-16-6-4-3-5-7-16/h6,8-13H,2-5,7,14-15H2,1H3,(H,23,27)(H,24,26). The molecule has 0 fully saturated rings.